The van der Waals surface area contributed by atoms with Crippen molar-refractivity contribution in [2.75, 3.05) is 11.9 Å². The lowest BCUT2D eigenvalue weighted by Gasteiger charge is -2.16. The number of hydrogen-bond donors (Lipinski definition) is 2. The summed E-state index contributed by atoms with van der Waals surface area (Å²) in [5.74, 6) is -0.175. The number of carbonyl (C=O) groups is 1. The zero-order chi connectivity index (χ0) is 14.7. The Bertz CT molecular complexity index is 606. The minimum atomic E-state index is -0.775. The van der Waals surface area contributed by atoms with Crippen LogP contribution >= 0.6 is 0 Å². The van der Waals surface area contributed by atoms with Crippen LogP contribution < -0.4 is 5.32 Å². The Hall–Kier alpha value is -2.11. The molecule has 20 heavy (non-hydrogen) atoms. The highest BCUT2D eigenvalue weighted by atomic mass is 16.4. The Kier molecular flexibility index (Phi) is 4.22. The predicted molar refractivity (Wildman–Crippen MR) is 76.8 cm³/mol. The number of carboxylic acids is 1. The minimum absolute atomic E-state index is 0.346. The van der Waals surface area contributed by atoms with Gasteiger partial charge in [0.25, 0.3) is 0 Å². The van der Waals surface area contributed by atoms with Crippen molar-refractivity contribution in [1.29, 1.82) is 0 Å². The molecule has 0 radical (unpaired) electrons. The average molecular weight is 276 g/mol. The zero-order valence-corrected chi connectivity index (χ0v) is 12.0. The summed E-state index contributed by atoms with van der Waals surface area (Å²) in [5.41, 5.74) is 1.76. The van der Waals surface area contributed by atoms with Crippen molar-refractivity contribution in [1.82, 2.24) is 14.6 Å². The Balaban J connectivity index is 2.13. The van der Waals surface area contributed by atoms with Gasteiger partial charge in [-0.3, -0.25) is 4.79 Å². The molecule has 0 fully saturated rings. The first-order valence-corrected chi connectivity index (χ1v) is 6.75. The third-order valence-corrected chi connectivity index (χ3v) is 3.13. The van der Waals surface area contributed by atoms with Crippen LogP contribution in [0.15, 0.2) is 18.5 Å². The van der Waals surface area contributed by atoms with E-state index in [0.717, 1.165) is 11.2 Å². The lowest BCUT2D eigenvalue weighted by Crippen LogP contribution is -2.24. The number of anilines is 1. The summed E-state index contributed by atoms with van der Waals surface area (Å²) in [5, 5.41) is 16.7. The number of rotatable bonds is 6. The molecule has 2 heterocycles. The standard InChI is InChI=1S/C14H20N4O2/c1-9(2)6-11(14(19)20)8-16-13-12-7-10(3)17-18(12)5-4-15-13/h4-5,7,9,11H,6,8H2,1-3H3,(H,15,16)(H,19,20). The van der Waals surface area contributed by atoms with Gasteiger partial charge in [-0.1, -0.05) is 13.8 Å². The number of nitrogens with one attached hydrogen (secondary N) is 1. The van der Waals surface area contributed by atoms with Gasteiger partial charge >= 0.3 is 5.97 Å². The van der Waals surface area contributed by atoms with Crippen LogP contribution in [0.3, 0.4) is 0 Å². The Morgan fingerprint density at radius 3 is 2.90 bits per heavy atom. The van der Waals surface area contributed by atoms with Gasteiger partial charge in [0, 0.05) is 18.9 Å². The van der Waals surface area contributed by atoms with E-state index in [1.807, 2.05) is 26.8 Å². The van der Waals surface area contributed by atoms with Crippen molar-refractivity contribution < 1.29 is 9.90 Å². The molecule has 2 aromatic rings. The molecule has 1 unspecified atom stereocenters. The summed E-state index contributed by atoms with van der Waals surface area (Å²) in [4.78, 5) is 15.5. The van der Waals surface area contributed by atoms with Gasteiger partial charge in [0.1, 0.15) is 5.52 Å². The van der Waals surface area contributed by atoms with Crippen LogP contribution in [0.1, 0.15) is 26.0 Å². The fraction of sp³-hybridized carbons (Fsp3) is 0.500. The summed E-state index contributed by atoms with van der Waals surface area (Å²) >= 11 is 0. The van der Waals surface area contributed by atoms with E-state index < -0.39 is 11.9 Å². The van der Waals surface area contributed by atoms with Crippen LogP contribution in [-0.4, -0.2) is 32.2 Å². The number of fused-ring (bicyclic) bond motifs is 1. The van der Waals surface area contributed by atoms with Crippen molar-refractivity contribution in [2.45, 2.75) is 27.2 Å². The van der Waals surface area contributed by atoms with Gasteiger partial charge < -0.3 is 10.4 Å². The van der Waals surface area contributed by atoms with E-state index in [2.05, 4.69) is 15.4 Å². The molecule has 2 N–H and O–H groups in total. The first-order chi connectivity index (χ1) is 9.47. The second kappa shape index (κ2) is 5.90. The van der Waals surface area contributed by atoms with Crippen molar-refractivity contribution in [3.63, 3.8) is 0 Å². The van der Waals surface area contributed by atoms with Crippen molar-refractivity contribution in [3.8, 4) is 0 Å². The van der Waals surface area contributed by atoms with E-state index >= 15 is 0 Å². The molecule has 0 amide bonds. The molecule has 1 atom stereocenters. The molecule has 2 aromatic heterocycles. The van der Waals surface area contributed by atoms with Crippen LogP contribution in [0.25, 0.3) is 5.52 Å². The van der Waals surface area contributed by atoms with Gasteiger partial charge in [-0.05, 0) is 25.3 Å². The maximum atomic E-state index is 11.2. The molecule has 0 saturated carbocycles. The lowest BCUT2D eigenvalue weighted by atomic mass is 9.97. The van der Waals surface area contributed by atoms with E-state index in [4.69, 9.17) is 0 Å². The lowest BCUT2D eigenvalue weighted by molar-refractivity contribution is -0.141. The summed E-state index contributed by atoms with van der Waals surface area (Å²) in [6.07, 6.45) is 4.07. The molecule has 6 heteroatoms. The summed E-state index contributed by atoms with van der Waals surface area (Å²) < 4.78 is 1.74. The quantitative estimate of drug-likeness (QED) is 0.845. The highest BCUT2D eigenvalue weighted by Crippen LogP contribution is 2.17. The third-order valence-electron chi connectivity index (χ3n) is 3.13. The van der Waals surface area contributed by atoms with Crippen LogP contribution in [0, 0.1) is 18.8 Å². The van der Waals surface area contributed by atoms with Crippen LogP contribution in [-0.2, 0) is 4.79 Å². The van der Waals surface area contributed by atoms with E-state index in [1.165, 1.54) is 0 Å². The first kappa shape index (κ1) is 14.3. The monoisotopic (exact) mass is 276 g/mol. The number of hydrogen-bond acceptors (Lipinski definition) is 4. The molecule has 0 spiro atoms. The average Bonchev–Trinajstić information content (AvgIpc) is 2.74. The van der Waals surface area contributed by atoms with E-state index in [-0.39, 0.29) is 0 Å². The van der Waals surface area contributed by atoms with Gasteiger partial charge in [-0.25, -0.2) is 9.50 Å². The molecule has 108 valence electrons. The number of aromatic nitrogens is 3. The van der Waals surface area contributed by atoms with Gasteiger partial charge in [-0.15, -0.1) is 0 Å². The third kappa shape index (κ3) is 3.26. The molecule has 0 aromatic carbocycles. The molecule has 2 rings (SSSR count). The fourth-order valence-corrected chi connectivity index (χ4v) is 2.24. The maximum absolute atomic E-state index is 11.2. The van der Waals surface area contributed by atoms with Crippen molar-refractivity contribution >= 4 is 17.3 Å². The zero-order valence-electron chi connectivity index (χ0n) is 12.0. The molecule has 0 aliphatic rings. The molecule has 6 nitrogen and oxygen atoms in total. The molecular weight excluding hydrogens is 256 g/mol. The molecule has 0 aliphatic carbocycles. The summed E-state index contributed by atoms with van der Waals surface area (Å²) in [7, 11) is 0. The Morgan fingerprint density at radius 2 is 2.25 bits per heavy atom. The second-order valence-corrected chi connectivity index (χ2v) is 5.44. The second-order valence-electron chi connectivity index (χ2n) is 5.44. The maximum Gasteiger partial charge on any atom is 0.308 e. The Morgan fingerprint density at radius 1 is 1.50 bits per heavy atom. The molecule has 0 bridgehead atoms. The minimum Gasteiger partial charge on any atom is -0.481 e. The van der Waals surface area contributed by atoms with Crippen LogP contribution in [0.5, 0.6) is 0 Å². The van der Waals surface area contributed by atoms with E-state index in [0.29, 0.717) is 24.7 Å². The predicted octanol–water partition coefficient (Wildman–Crippen LogP) is 2.20. The first-order valence-electron chi connectivity index (χ1n) is 6.75. The van der Waals surface area contributed by atoms with Gasteiger partial charge in [-0.2, -0.15) is 5.10 Å². The van der Waals surface area contributed by atoms with Gasteiger partial charge in [0.05, 0.1) is 11.6 Å². The van der Waals surface area contributed by atoms with Gasteiger partial charge in [0.2, 0.25) is 0 Å². The number of aryl methyl sites for hydroxylation is 1. The van der Waals surface area contributed by atoms with E-state index in [9.17, 15) is 9.90 Å². The van der Waals surface area contributed by atoms with Crippen LogP contribution in [0.2, 0.25) is 0 Å². The fourth-order valence-electron chi connectivity index (χ4n) is 2.24. The largest absolute Gasteiger partial charge is 0.481 e. The van der Waals surface area contributed by atoms with Crippen molar-refractivity contribution in [3.05, 3.63) is 24.2 Å². The highest BCUT2D eigenvalue weighted by molar-refractivity contribution is 5.72. The topological polar surface area (TPSA) is 79.5 Å². The Labute approximate surface area is 117 Å². The van der Waals surface area contributed by atoms with Crippen molar-refractivity contribution in [2.24, 2.45) is 11.8 Å². The SMILES string of the molecule is Cc1cc2c(NCC(CC(C)C)C(=O)O)nccn2n1. The van der Waals surface area contributed by atoms with E-state index in [1.54, 1.807) is 16.9 Å². The normalized spacial score (nSPS) is 12.8. The number of carboxylic acid groups (broad SMARTS) is 1. The highest BCUT2D eigenvalue weighted by Gasteiger charge is 2.19. The summed E-state index contributed by atoms with van der Waals surface area (Å²) in [6.45, 7) is 6.32. The molecule has 0 aliphatic heterocycles. The molecule has 0 saturated heterocycles. The van der Waals surface area contributed by atoms with Gasteiger partial charge in [0.15, 0.2) is 5.82 Å². The summed E-state index contributed by atoms with van der Waals surface area (Å²) in [6, 6.07) is 1.92. The number of nitrogens with zero attached hydrogens (tertiary/aromatic N) is 3. The molecular formula is C14H20N4O2. The van der Waals surface area contributed by atoms with Crippen LogP contribution in [0.4, 0.5) is 5.82 Å². The number of aliphatic carboxylic acids is 1. The smallest absolute Gasteiger partial charge is 0.308 e.